The number of benzene rings is 2. The second-order valence-electron chi connectivity index (χ2n) is 5.48. The maximum atomic E-state index is 12.7. The van der Waals surface area contributed by atoms with Crippen LogP contribution in [-0.4, -0.2) is 21.1 Å². The number of rotatable bonds is 6. The Morgan fingerprint density at radius 2 is 1.85 bits per heavy atom. The van der Waals surface area contributed by atoms with Gasteiger partial charge < -0.3 is 0 Å². The molecule has 2 aromatic carbocycles. The minimum absolute atomic E-state index is 0.0720. The molecule has 0 spiro atoms. The predicted octanol–water partition coefficient (Wildman–Crippen LogP) is 4.86. The molecule has 1 heterocycles. The van der Waals surface area contributed by atoms with Crippen LogP contribution in [0.15, 0.2) is 65.1 Å². The van der Waals surface area contributed by atoms with E-state index in [-0.39, 0.29) is 17.1 Å². The van der Waals surface area contributed by atoms with Crippen LogP contribution in [0, 0.1) is 0 Å². The molecule has 0 aliphatic heterocycles. The molecule has 0 saturated carbocycles. The Morgan fingerprint density at radius 1 is 1.15 bits per heavy atom. The van der Waals surface area contributed by atoms with E-state index in [1.54, 1.807) is 48.5 Å². The van der Waals surface area contributed by atoms with Crippen LogP contribution < -0.4 is 5.56 Å². The van der Waals surface area contributed by atoms with Gasteiger partial charge in [-0.25, -0.2) is 4.98 Å². The van der Waals surface area contributed by atoms with Crippen molar-refractivity contribution in [3.8, 4) is 0 Å². The number of ketones is 1. The minimum atomic E-state index is -0.187. The Hall–Kier alpha value is -2.08. The summed E-state index contributed by atoms with van der Waals surface area (Å²) in [6.07, 6.45) is 1.62. The highest BCUT2D eigenvalue weighted by molar-refractivity contribution is 7.99. The van der Waals surface area contributed by atoms with Gasteiger partial charge in [-0.2, -0.15) is 0 Å². The molecule has 0 atom stereocenters. The summed E-state index contributed by atoms with van der Waals surface area (Å²) in [6, 6.07) is 11.6. The molecular formula is C19H14Cl2N2O2S. The average molecular weight is 405 g/mol. The molecule has 132 valence electrons. The first-order valence-corrected chi connectivity index (χ1v) is 9.46. The van der Waals surface area contributed by atoms with Crippen molar-refractivity contribution in [2.75, 3.05) is 5.75 Å². The third kappa shape index (κ3) is 4.01. The zero-order chi connectivity index (χ0) is 18.7. The third-order valence-corrected chi connectivity index (χ3v) is 5.16. The highest BCUT2D eigenvalue weighted by atomic mass is 35.5. The number of hydrogen-bond acceptors (Lipinski definition) is 4. The van der Waals surface area contributed by atoms with Crippen molar-refractivity contribution in [1.82, 2.24) is 9.55 Å². The Kier molecular flexibility index (Phi) is 5.81. The number of hydrogen-bond donors (Lipinski definition) is 0. The molecule has 0 N–H and O–H groups in total. The van der Waals surface area contributed by atoms with Gasteiger partial charge in [0.05, 0.1) is 16.7 Å². The third-order valence-electron chi connectivity index (χ3n) is 3.69. The standard InChI is InChI=1S/C19H14Cl2N2O2S/c1-2-9-23-18(25)15-8-7-14(21)10-16(15)22-19(23)26-11-17(24)12-3-5-13(20)6-4-12/h2-8,10H,1,9,11H2. The lowest BCUT2D eigenvalue weighted by Gasteiger charge is -2.11. The molecule has 3 rings (SSSR count). The average Bonchev–Trinajstić information content (AvgIpc) is 2.62. The summed E-state index contributed by atoms with van der Waals surface area (Å²) in [5.74, 6) is 0.0781. The summed E-state index contributed by atoms with van der Waals surface area (Å²) in [6.45, 7) is 3.99. The fraction of sp³-hybridized carbons (Fsp3) is 0.105. The molecular weight excluding hydrogens is 391 g/mol. The highest BCUT2D eigenvalue weighted by Crippen LogP contribution is 2.22. The van der Waals surface area contributed by atoms with Gasteiger partial charge in [0.1, 0.15) is 0 Å². The summed E-state index contributed by atoms with van der Waals surface area (Å²) >= 11 is 13.1. The van der Waals surface area contributed by atoms with Gasteiger partial charge in [-0.3, -0.25) is 14.2 Å². The van der Waals surface area contributed by atoms with Crippen LogP contribution in [0.4, 0.5) is 0 Å². The number of carbonyl (C=O) groups is 1. The monoisotopic (exact) mass is 404 g/mol. The molecule has 0 amide bonds. The Morgan fingerprint density at radius 3 is 2.54 bits per heavy atom. The zero-order valence-electron chi connectivity index (χ0n) is 13.6. The Labute approximate surface area is 164 Å². The molecule has 0 unspecified atom stereocenters. The largest absolute Gasteiger partial charge is 0.293 e. The normalized spacial score (nSPS) is 10.8. The molecule has 7 heteroatoms. The van der Waals surface area contributed by atoms with Gasteiger partial charge >= 0.3 is 0 Å². The van der Waals surface area contributed by atoms with Gasteiger partial charge in [-0.15, -0.1) is 6.58 Å². The molecule has 0 radical (unpaired) electrons. The molecule has 0 aliphatic carbocycles. The lowest BCUT2D eigenvalue weighted by Crippen LogP contribution is -2.23. The van der Waals surface area contributed by atoms with E-state index in [9.17, 15) is 9.59 Å². The van der Waals surface area contributed by atoms with Crippen molar-refractivity contribution in [1.29, 1.82) is 0 Å². The first-order valence-electron chi connectivity index (χ1n) is 7.72. The SMILES string of the molecule is C=CCn1c(SCC(=O)c2ccc(Cl)cc2)nc2cc(Cl)ccc2c1=O. The summed E-state index contributed by atoms with van der Waals surface area (Å²) in [5.41, 5.74) is 0.876. The fourth-order valence-corrected chi connectivity index (χ4v) is 3.62. The van der Waals surface area contributed by atoms with Gasteiger partial charge in [0.2, 0.25) is 0 Å². The van der Waals surface area contributed by atoms with Crippen molar-refractivity contribution in [3.63, 3.8) is 0 Å². The fourth-order valence-electron chi connectivity index (χ4n) is 2.42. The quantitative estimate of drug-likeness (QED) is 0.254. The van der Waals surface area contributed by atoms with Crippen molar-refractivity contribution in [2.45, 2.75) is 11.7 Å². The van der Waals surface area contributed by atoms with Gasteiger partial charge in [0.15, 0.2) is 10.9 Å². The van der Waals surface area contributed by atoms with Crippen molar-refractivity contribution in [2.24, 2.45) is 0 Å². The second-order valence-corrected chi connectivity index (χ2v) is 7.29. The van der Waals surface area contributed by atoms with E-state index >= 15 is 0 Å². The number of aromatic nitrogens is 2. The minimum Gasteiger partial charge on any atom is -0.293 e. The number of halogens is 2. The molecule has 0 bridgehead atoms. The van der Waals surface area contributed by atoms with Gasteiger partial charge in [-0.05, 0) is 42.5 Å². The number of carbonyl (C=O) groups excluding carboxylic acids is 1. The van der Waals surface area contributed by atoms with Crippen molar-refractivity contribution in [3.05, 3.63) is 81.1 Å². The number of nitrogens with zero attached hydrogens (tertiary/aromatic N) is 2. The molecule has 0 fully saturated rings. The highest BCUT2D eigenvalue weighted by Gasteiger charge is 2.14. The topological polar surface area (TPSA) is 52.0 Å². The van der Waals surface area contributed by atoms with Crippen molar-refractivity contribution >= 4 is 51.6 Å². The van der Waals surface area contributed by atoms with Crippen LogP contribution in [0.1, 0.15) is 10.4 Å². The van der Waals surface area contributed by atoms with E-state index in [0.29, 0.717) is 38.2 Å². The molecule has 4 nitrogen and oxygen atoms in total. The van der Waals surface area contributed by atoms with Crippen LogP contribution in [0.25, 0.3) is 10.9 Å². The van der Waals surface area contributed by atoms with Crippen LogP contribution in [0.2, 0.25) is 10.0 Å². The van der Waals surface area contributed by atoms with E-state index in [1.807, 2.05) is 0 Å². The van der Waals surface area contributed by atoms with Gasteiger partial charge in [0, 0.05) is 22.2 Å². The van der Waals surface area contributed by atoms with E-state index in [2.05, 4.69) is 11.6 Å². The van der Waals surface area contributed by atoms with Crippen LogP contribution >= 0.6 is 35.0 Å². The van der Waals surface area contributed by atoms with Crippen LogP contribution in [0.5, 0.6) is 0 Å². The number of fused-ring (bicyclic) bond motifs is 1. The summed E-state index contributed by atoms with van der Waals surface area (Å²) < 4.78 is 1.50. The number of allylic oxidation sites excluding steroid dienone is 1. The van der Waals surface area contributed by atoms with Gasteiger partial charge in [0.25, 0.3) is 5.56 Å². The molecule has 0 saturated heterocycles. The molecule has 0 aliphatic rings. The lowest BCUT2D eigenvalue weighted by molar-refractivity contribution is 0.102. The lowest BCUT2D eigenvalue weighted by atomic mass is 10.1. The molecule has 26 heavy (non-hydrogen) atoms. The summed E-state index contributed by atoms with van der Waals surface area (Å²) in [5, 5.41) is 2.00. The van der Waals surface area contributed by atoms with E-state index in [4.69, 9.17) is 23.2 Å². The smallest absolute Gasteiger partial charge is 0.262 e. The van der Waals surface area contributed by atoms with Crippen molar-refractivity contribution < 1.29 is 4.79 Å². The van der Waals surface area contributed by atoms with Gasteiger partial charge in [-0.1, -0.05) is 41.0 Å². The van der Waals surface area contributed by atoms with E-state index < -0.39 is 0 Å². The Bertz CT molecular complexity index is 1050. The van der Waals surface area contributed by atoms with Crippen LogP contribution in [-0.2, 0) is 6.54 Å². The number of Topliss-reactive ketones (excluding diaryl/α,β-unsaturated/α-hetero) is 1. The first-order chi connectivity index (χ1) is 12.5. The van der Waals surface area contributed by atoms with E-state index in [0.717, 1.165) is 0 Å². The zero-order valence-corrected chi connectivity index (χ0v) is 15.9. The Balaban J connectivity index is 1.94. The summed E-state index contributed by atoms with van der Waals surface area (Å²) in [4.78, 5) is 29.6. The first kappa shape index (κ1) is 18.7. The van der Waals surface area contributed by atoms with Crippen LogP contribution in [0.3, 0.4) is 0 Å². The second kappa shape index (κ2) is 8.08. The van der Waals surface area contributed by atoms with E-state index in [1.165, 1.54) is 16.3 Å². The maximum absolute atomic E-state index is 12.7. The summed E-state index contributed by atoms with van der Waals surface area (Å²) in [7, 11) is 0. The molecule has 3 aromatic rings. The molecule has 1 aromatic heterocycles. The number of thioether (sulfide) groups is 1. The predicted molar refractivity (Wildman–Crippen MR) is 108 cm³/mol. The maximum Gasteiger partial charge on any atom is 0.262 e.